The van der Waals surface area contributed by atoms with Gasteiger partial charge in [-0.15, -0.1) is 24.0 Å². The van der Waals surface area contributed by atoms with E-state index in [4.69, 9.17) is 0 Å². The number of aromatic nitrogens is 5. The lowest BCUT2D eigenvalue weighted by molar-refractivity contribution is 0.673. The lowest BCUT2D eigenvalue weighted by Gasteiger charge is -2.11. The van der Waals surface area contributed by atoms with E-state index >= 15 is 0 Å². The summed E-state index contributed by atoms with van der Waals surface area (Å²) in [4.78, 5) is 8.88. The highest BCUT2D eigenvalue weighted by atomic mass is 127. The average molecular weight is 480 g/mol. The van der Waals surface area contributed by atoms with Crippen LogP contribution in [0.4, 0.5) is 0 Å². The van der Waals surface area contributed by atoms with Crippen LogP contribution in [-0.2, 0) is 26.7 Å². The molecule has 0 radical (unpaired) electrons. The molecule has 0 fully saturated rings. The molecule has 1 aromatic carbocycles. The number of nitrogens with one attached hydrogen (secondary N) is 2. The van der Waals surface area contributed by atoms with Gasteiger partial charge in [0.05, 0.1) is 19.6 Å². The Morgan fingerprint density at radius 2 is 2.00 bits per heavy atom. The summed E-state index contributed by atoms with van der Waals surface area (Å²) >= 11 is 0. The summed E-state index contributed by atoms with van der Waals surface area (Å²) in [6.07, 6.45) is 5.30. The first-order chi connectivity index (χ1) is 12.7. The molecule has 2 heterocycles. The van der Waals surface area contributed by atoms with Gasteiger partial charge in [-0.2, -0.15) is 10.2 Å². The number of benzene rings is 1. The van der Waals surface area contributed by atoms with Crippen molar-refractivity contribution in [3.8, 4) is 0 Å². The fourth-order valence-corrected chi connectivity index (χ4v) is 2.56. The van der Waals surface area contributed by atoms with E-state index in [1.807, 2.05) is 30.9 Å². The quantitative estimate of drug-likeness (QED) is 0.307. The van der Waals surface area contributed by atoms with Gasteiger partial charge in [0.25, 0.3) is 0 Å². The summed E-state index contributed by atoms with van der Waals surface area (Å²) in [6, 6.07) is 10.3. The van der Waals surface area contributed by atoms with E-state index in [1.165, 1.54) is 5.56 Å². The van der Waals surface area contributed by atoms with E-state index < -0.39 is 0 Å². The molecular weight excluding hydrogens is 455 g/mol. The van der Waals surface area contributed by atoms with Crippen molar-refractivity contribution < 1.29 is 0 Å². The van der Waals surface area contributed by atoms with Crippen LogP contribution in [0.2, 0.25) is 0 Å². The predicted octanol–water partition coefficient (Wildman–Crippen LogP) is 1.93. The Kier molecular flexibility index (Phi) is 8.24. The van der Waals surface area contributed by atoms with E-state index in [-0.39, 0.29) is 24.0 Å². The number of halogens is 1. The van der Waals surface area contributed by atoms with Crippen LogP contribution in [0.1, 0.15) is 23.9 Å². The summed E-state index contributed by atoms with van der Waals surface area (Å²) in [5.74, 6) is 1.62. The average Bonchev–Trinajstić information content (AvgIpc) is 3.29. The van der Waals surface area contributed by atoms with Crippen LogP contribution in [0, 0.1) is 0 Å². The van der Waals surface area contributed by atoms with Gasteiger partial charge < -0.3 is 10.6 Å². The largest absolute Gasteiger partial charge is 0.357 e. The highest BCUT2D eigenvalue weighted by Crippen LogP contribution is 2.08. The molecule has 0 bridgehead atoms. The first kappa shape index (κ1) is 20.9. The number of hydrogen-bond donors (Lipinski definition) is 2. The SMILES string of the molecule is CCNC(=NCc1cccc(Cn2cccn2)c1)NCc1ncnn1C.I. The third-order valence-corrected chi connectivity index (χ3v) is 3.88. The van der Waals surface area contributed by atoms with Crippen molar-refractivity contribution in [3.63, 3.8) is 0 Å². The van der Waals surface area contributed by atoms with E-state index in [2.05, 4.69) is 55.1 Å². The molecule has 27 heavy (non-hydrogen) atoms. The van der Waals surface area contributed by atoms with Crippen molar-refractivity contribution in [2.75, 3.05) is 6.54 Å². The monoisotopic (exact) mass is 480 g/mol. The molecule has 0 saturated heterocycles. The molecule has 0 saturated carbocycles. The summed E-state index contributed by atoms with van der Waals surface area (Å²) in [5, 5.41) is 14.9. The minimum absolute atomic E-state index is 0. The van der Waals surface area contributed by atoms with E-state index in [9.17, 15) is 0 Å². The molecule has 0 aliphatic rings. The van der Waals surface area contributed by atoms with Crippen molar-refractivity contribution in [2.24, 2.45) is 12.0 Å². The molecule has 0 aliphatic heterocycles. The molecule has 3 aromatic rings. The Hall–Kier alpha value is -2.43. The number of aryl methyl sites for hydroxylation is 1. The number of nitrogens with zero attached hydrogens (tertiary/aromatic N) is 6. The lowest BCUT2D eigenvalue weighted by atomic mass is 10.1. The van der Waals surface area contributed by atoms with E-state index in [0.717, 1.165) is 30.4 Å². The van der Waals surface area contributed by atoms with Crippen molar-refractivity contribution in [1.29, 1.82) is 0 Å². The first-order valence-electron chi connectivity index (χ1n) is 8.65. The Labute approximate surface area is 176 Å². The van der Waals surface area contributed by atoms with Crippen LogP contribution in [0.3, 0.4) is 0 Å². The molecule has 0 aliphatic carbocycles. The minimum Gasteiger partial charge on any atom is -0.357 e. The van der Waals surface area contributed by atoms with Gasteiger partial charge in [0, 0.05) is 26.0 Å². The topological polar surface area (TPSA) is 84.9 Å². The Morgan fingerprint density at radius 1 is 1.15 bits per heavy atom. The molecule has 0 spiro atoms. The molecule has 0 unspecified atom stereocenters. The molecule has 0 amide bonds. The maximum Gasteiger partial charge on any atom is 0.191 e. The second-order valence-corrected chi connectivity index (χ2v) is 5.87. The zero-order chi connectivity index (χ0) is 18.2. The molecule has 8 nitrogen and oxygen atoms in total. The van der Waals surface area contributed by atoms with Gasteiger partial charge >= 0.3 is 0 Å². The molecule has 0 atom stereocenters. The van der Waals surface area contributed by atoms with Crippen LogP contribution >= 0.6 is 24.0 Å². The Morgan fingerprint density at radius 3 is 2.70 bits per heavy atom. The van der Waals surface area contributed by atoms with Crippen molar-refractivity contribution in [2.45, 2.75) is 26.6 Å². The molecule has 2 N–H and O–H groups in total. The van der Waals surface area contributed by atoms with Crippen molar-refractivity contribution >= 4 is 29.9 Å². The first-order valence-corrected chi connectivity index (χ1v) is 8.65. The summed E-state index contributed by atoms with van der Waals surface area (Å²) in [7, 11) is 1.87. The lowest BCUT2D eigenvalue weighted by Crippen LogP contribution is -2.37. The van der Waals surface area contributed by atoms with Crippen LogP contribution < -0.4 is 10.6 Å². The van der Waals surface area contributed by atoms with Gasteiger partial charge in [-0.1, -0.05) is 24.3 Å². The molecule has 9 heteroatoms. The molecular formula is C18H25IN8. The van der Waals surface area contributed by atoms with Crippen LogP contribution in [-0.4, -0.2) is 37.0 Å². The zero-order valence-electron chi connectivity index (χ0n) is 15.5. The van der Waals surface area contributed by atoms with Crippen molar-refractivity contribution in [3.05, 3.63) is 66.0 Å². The maximum atomic E-state index is 4.67. The Balaban J connectivity index is 0.00000261. The van der Waals surface area contributed by atoms with Gasteiger partial charge in [-0.3, -0.25) is 9.36 Å². The van der Waals surface area contributed by atoms with Gasteiger partial charge in [0.15, 0.2) is 5.96 Å². The van der Waals surface area contributed by atoms with Gasteiger partial charge in [0.1, 0.15) is 12.2 Å². The number of rotatable bonds is 7. The van der Waals surface area contributed by atoms with Gasteiger partial charge in [0.2, 0.25) is 0 Å². The summed E-state index contributed by atoms with van der Waals surface area (Å²) < 4.78 is 3.66. The zero-order valence-corrected chi connectivity index (χ0v) is 17.9. The fraction of sp³-hybridized carbons (Fsp3) is 0.333. The van der Waals surface area contributed by atoms with Crippen LogP contribution in [0.15, 0.2) is 54.0 Å². The molecule has 144 valence electrons. The van der Waals surface area contributed by atoms with Crippen LogP contribution in [0.5, 0.6) is 0 Å². The van der Waals surface area contributed by atoms with E-state index in [1.54, 1.807) is 17.2 Å². The normalized spacial score (nSPS) is 11.1. The molecule has 3 rings (SSSR count). The molecule has 2 aromatic heterocycles. The second kappa shape index (κ2) is 10.7. The summed E-state index contributed by atoms with van der Waals surface area (Å²) in [5.41, 5.74) is 2.36. The van der Waals surface area contributed by atoms with E-state index in [0.29, 0.717) is 13.1 Å². The number of aliphatic imine (C=N–C) groups is 1. The highest BCUT2D eigenvalue weighted by molar-refractivity contribution is 14.0. The van der Waals surface area contributed by atoms with Gasteiger partial charge in [-0.25, -0.2) is 9.98 Å². The third-order valence-electron chi connectivity index (χ3n) is 3.88. The smallest absolute Gasteiger partial charge is 0.191 e. The number of hydrogen-bond acceptors (Lipinski definition) is 4. The van der Waals surface area contributed by atoms with Crippen LogP contribution in [0.25, 0.3) is 0 Å². The fourth-order valence-electron chi connectivity index (χ4n) is 2.56. The van der Waals surface area contributed by atoms with Gasteiger partial charge in [-0.05, 0) is 24.1 Å². The highest BCUT2D eigenvalue weighted by Gasteiger charge is 2.03. The minimum atomic E-state index is 0. The number of guanidine groups is 1. The van der Waals surface area contributed by atoms with Crippen molar-refractivity contribution in [1.82, 2.24) is 35.2 Å². The second-order valence-electron chi connectivity index (χ2n) is 5.87. The standard InChI is InChI=1S/C18H24N8.HI/c1-3-19-18(21-12-17-22-14-24-25(17)2)20-11-15-6-4-7-16(10-15)13-26-9-5-8-23-26;/h4-10,14H,3,11-13H2,1-2H3,(H2,19,20,21);1H. The Bertz CT molecular complexity index is 841. The maximum absolute atomic E-state index is 4.67. The predicted molar refractivity (Wildman–Crippen MR) is 116 cm³/mol. The third kappa shape index (κ3) is 6.35. The summed E-state index contributed by atoms with van der Waals surface area (Å²) in [6.45, 7) is 4.77.